The smallest absolute Gasteiger partial charge is 0.190 e. The Hall–Kier alpha value is -0.0800. The molecule has 154 valence electrons. The zero-order valence-corrected chi connectivity index (χ0v) is 19.8. The number of hydrogen-bond donors (Lipinski definition) is 2. The first-order valence-corrected chi connectivity index (χ1v) is 10.4. The number of rotatable bonds is 8. The number of aliphatic imine (C=N–C) groups is 1. The predicted molar refractivity (Wildman–Crippen MR) is 124 cm³/mol. The molecule has 1 aliphatic heterocycles. The molecule has 2 fully saturated rings. The van der Waals surface area contributed by atoms with E-state index in [9.17, 15) is 0 Å². The van der Waals surface area contributed by atoms with Gasteiger partial charge in [-0.05, 0) is 70.1 Å². The van der Waals surface area contributed by atoms with E-state index >= 15 is 0 Å². The summed E-state index contributed by atoms with van der Waals surface area (Å²) in [4.78, 5) is 9.46. The first-order valence-electron chi connectivity index (χ1n) is 10.4. The Morgan fingerprint density at radius 3 is 2.46 bits per heavy atom. The lowest BCUT2D eigenvalue weighted by atomic mass is 9.64. The molecule has 0 aromatic heterocycles. The quantitative estimate of drug-likeness (QED) is 0.243. The van der Waals surface area contributed by atoms with Crippen molar-refractivity contribution in [3.63, 3.8) is 0 Å². The Morgan fingerprint density at radius 2 is 1.85 bits per heavy atom. The first-order chi connectivity index (χ1) is 12.0. The van der Waals surface area contributed by atoms with Crippen molar-refractivity contribution in [2.45, 2.75) is 52.4 Å². The molecule has 1 saturated heterocycles. The summed E-state index contributed by atoms with van der Waals surface area (Å²) in [5.41, 5.74) is 0.518. The third kappa shape index (κ3) is 8.30. The van der Waals surface area contributed by atoms with E-state index in [4.69, 9.17) is 0 Å². The lowest BCUT2D eigenvalue weighted by Crippen LogP contribution is -2.47. The molecule has 0 aromatic rings. The van der Waals surface area contributed by atoms with Crippen LogP contribution in [0.4, 0.5) is 0 Å². The van der Waals surface area contributed by atoms with E-state index in [1.807, 2.05) is 7.05 Å². The average Bonchev–Trinajstić information content (AvgIpc) is 2.75. The van der Waals surface area contributed by atoms with Crippen LogP contribution in [0.15, 0.2) is 4.99 Å². The topological polar surface area (TPSA) is 42.9 Å². The van der Waals surface area contributed by atoms with Gasteiger partial charge in [0.2, 0.25) is 0 Å². The predicted octanol–water partition coefficient (Wildman–Crippen LogP) is 3.01. The summed E-state index contributed by atoms with van der Waals surface area (Å²) in [7, 11) is 4.12. The summed E-state index contributed by atoms with van der Waals surface area (Å²) < 4.78 is 0. The Balaban J connectivity index is 0.00000338. The van der Waals surface area contributed by atoms with Gasteiger partial charge < -0.3 is 20.4 Å². The van der Waals surface area contributed by atoms with Gasteiger partial charge in [0.25, 0.3) is 0 Å². The van der Waals surface area contributed by atoms with E-state index in [0.29, 0.717) is 5.41 Å². The Labute approximate surface area is 178 Å². The number of guanidine groups is 1. The molecule has 26 heavy (non-hydrogen) atoms. The largest absolute Gasteiger partial charge is 0.356 e. The van der Waals surface area contributed by atoms with Crippen LogP contribution in [0, 0.1) is 11.3 Å². The van der Waals surface area contributed by atoms with Crippen LogP contribution in [-0.4, -0.2) is 75.7 Å². The minimum absolute atomic E-state index is 0. The highest BCUT2D eigenvalue weighted by Gasteiger charge is 2.37. The van der Waals surface area contributed by atoms with E-state index < -0.39 is 0 Å². The minimum Gasteiger partial charge on any atom is -0.356 e. The van der Waals surface area contributed by atoms with Crippen LogP contribution in [0.2, 0.25) is 0 Å². The molecule has 0 bridgehead atoms. The summed E-state index contributed by atoms with van der Waals surface area (Å²) in [6.07, 6.45) is 7.95. The standard InChI is InChI=1S/C20H41N5.HI/c1-18(2)16-20(8-5-9-20)17-23-19(21-3)22-10-6-12-25-13-7-11-24(4)14-15-25;/h18H,5-17H2,1-4H3,(H2,21,22,23);1H. The highest BCUT2D eigenvalue weighted by atomic mass is 127. The first kappa shape index (κ1) is 24.0. The third-order valence-corrected chi connectivity index (χ3v) is 5.87. The zero-order valence-electron chi connectivity index (χ0n) is 17.5. The Bertz CT molecular complexity index is 409. The third-order valence-electron chi connectivity index (χ3n) is 5.87. The van der Waals surface area contributed by atoms with Gasteiger partial charge in [-0.25, -0.2) is 0 Å². The van der Waals surface area contributed by atoms with Gasteiger partial charge in [-0.3, -0.25) is 4.99 Å². The van der Waals surface area contributed by atoms with Crippen molar-refractivity contribution in [2.75, 3.05) is 59.9 Å². The van der Waals surface area contributed by atoms with Crippen molar-refractivity contribution >= 4 is 29.9 Å². The van der Waals surface area contributed by atoms with Gasteiger partial charge in [-0.1, -0.05) is 20.3 Å². The van der Waals surface area contributed by atoms with Crippen molar-refractivity contribution < 1.29 is 0 Å². The van der Waals surface area contributed by atoms with Crippen LogP contribution in [0.25, 0.3) is 0 Å². The van der Waals surface area contributed by atoms with Crippen molar-refractivity contribution in [1.29, 1.82) is 0 Å². The Kier molecular flexibility index (Phi) is 11.4. The highest BCUT2D eigenvalue weighted by molar-refractivity contribution is 14.0. The second-order valence-electron chi connectivity index (χ2n) is 8.66. The van der Waals surface area contributed by atoms with E-state index in [1.165, 1.54) is 71.2 Å². The van der Waals surface area contributed by atoms with Crippen LogP contribution in [0.5, 0.6) is 0 Å². The van der Waals surface area contributed by atoms with Crippen molar-refractivity contribution in [1.82, 2.24) is 20.4 Å². The van der Waals surface area contributed by atoms with Crippen molar-refractivity contribution in [3.05, 3.63) is 0 Å². The molecule has 1 saturated carbocycles. The van der Waals surface area contributed by atoms with Crippen LogP contribution in [0.1, 0.15) is 52.4 Å². The molecular formula is C20H42IN5. The Morgan fingerprint density at radius 1 is 1.08 bits per heavy atom. The molecule has 0 amide bonds. The molecule has 5 nitrogen and oxygen atoms in total. The highest BCUT2D eigenvalue weighted by Crippen LogP contribution is 2.45. The fourth-order valence-electron chi connectivity index (χ4n) is 4.32. The average molecular weight is 479 g/mol. The number of hydrogen-bond acceptors (Lipinski definition) is 3. The summed E-state index contributed by atoms with van der Waals surface area (Å²) in [6, 6.07) is 0. The van der Waals surface area contributed by atoms with Crippen LogP contribution >= 0.6 is 24.0 Å². The lowest BCUT2D eigenvalue weighted by molar-refractivity contribution is 0.104. The molecular weight excluding hydrogens is 437 g/mol. The molecule has 0 atom stereocenters. The SMILES string of the molecule is CN=C(NCCCN1CCCN(C)CC1)NCC1(CC(C)C)CCC1.I. The number of likely N-dealkylation sites (N-methyl/N-ethyl adjacent to an activating group) is 1. The van der Waals surface area contributed by atoms with Crippen LogP contribution < -0.4 is 10.6 Å². The van der Waals surface area contributed by atoms with E-state index in [-0.39, 0.29) is 24.0 Å². The number of nitrogens with zero attached hydrogens (tertiary/aromatic N) is 3. The monoisotopic (exact) mass is 479 g/mol. The van der Waals surface area contributed by atoms with E-state index in [2.05, 4.69) is 46.3 Å². The molecule has 0 radical (unpaired) electrons. The summed E-state index contributed by atoms with van der Waals surface area (Å²) in [5.74, 6) is 1.76. The van der Waals surface area contributed by atoms with Gasteiger partial charge in [-0.2, -0.15) is 0 Å². The molecule has 0 aromatic carbocycles. The molecule has 1 aliphatic carbocycles. The van der Waals surface area contributed by atoms with Gasteiger partial charge in [0.15, 0.2) is 5.96 Å². The lowest BCUT2D eigenvalue weighted by Gasteiger charge is -2.43. The van der Waals surface area contributed by atoms with Gasteiger partial charge in [-0.15, -0.1) is 24.0 Å². The summed E-state index contributed by atoms with van der Waals surface area (Å²) >= 11 is 0. The second-order valence-corrected chi connectivity index (χ2v) is 8.66. The molecule has 0 spiro atoms. The number of halogens is 1. The van der Waals surface area contributed by atoms with Gasteiger partial charge >= 0.3 is 0 Å². The maximum atomic E-state index is 4.41. The second kappa shape index (κ2) is 12.4. The molecule has 1 heterocycles. The minimum atomic E-state index is 0. The molecule has 2 rings (SSSR count). The molecule has 0 unspecified atom stereocenters. The van der Waals surface area contributed by atoms with Gasteiger partial charge in [0, 0.05) is 33.2 Å². The van der Waals surface area contributed by atoms with E-state index in [1.54, 1.807) is 0 Å². The maximum absolute atomic E-state index is 4.41. The van der Waals surface area contributed by atoms with Gasteiger partial charge in [0.1, 0.15) is 0 Å². The van der Waals surface area contributed by atoms with E-state index in [0.717, 1.165) is 25.0 Å². The molecule has 2 aliphatic rings. The summed E-state index contributed by atoms with van der Waals surface area (Å²) in [5, 5.41) is 7.10. The summed E-state index contributed by atoms with van der Waals surface area (Å²) in [6.45, 7) is 12.8. The fourth-order valence-corrected chi connectivity index (χ4v) is 4.32. The molecule has 2 N–H and O–H groups in total. The van der Waals surface area contributed by atoms with Crippen LogP contribution in [-0.2, 0) is 0 Å². The normalized spacial score (nSPS) is 21.7. The maximum Gasteiger partial charge on any atom is 0.190 e. The number of nitrogens with one attached hydrogen (secondary N) is 2. The zero-order chi connectivity index (χ0) is 18.1. The fraction of sp³-hybridized carbons (Fsp3) is 0.950. The van der Waals surface area contributed by atoms with Crippen molar-refractivity contribution in [3.8, 4) is 0 Å². The van der Waals surface area contributed by atoms with Crippen LogP contribution in [0.3, 0.4) is 0 Å². The van der Waals surface area contributed by atoms with Crippen molar-refractivity contribution in [2.24, 2.45) is 16.3 Å². The van der Waals surface area contributed by atoms with Gasteiger partial charge in [0.05, 0.1) is 0 Å². The molecule has 6 heteroatoms.